The van der Waals surface area contributed by atoms with Crippen LogP contribution in [-0.4, -0.2) is 61.2 Å². The number of benzene rings is 1. The van der Waals surface area contributed by atoms with Crippen molar-refractivity contribution in [1.82, 2.24) is 9.80 Å². The van der Waals surface area contributed by atoms with Gasteiger partial charge in [-0.1, -0.05) is 12.1 Å². The van der Waals surface area contributed by atoms with Crippen LogP contribution in [0.15, 0.2) is 24.3 Å². The third-order valence-corrected chi connectivity index (χ3v) is 3.74. The number of rotatable bonds is 5. The van der Waals surface area contributed by atoms with E-state index in [1.54, 1.807) is 6.07 Å². The van der Waals surface area contributed by atoms with Crippen molar-refractivity contribution in [2.45, 2.75) is 12.3 Å². The second kappa shape index (κ2) is 6.17. The Balaban J connectivity index is 1.96. The van der Waals surface area contributed by atoms with Crippen LogP contribution in [0.2, 0.25) is 0 Å². The van der Waals surface area contributed by atoms with Gasteiger partial charge in [0, 0.05) is 19.6 Å². The number of carboxylic acid groups (broad SMARTS) is 1. The van der Waals surface area contributed by atoms with Gasteiger partial charge in [-0.2, -0.15) is 0 Å². The fraction of sp³-hybridized carbons (Fsp3) is 0.533. The molecule has 19 heavy (non-hydrogen) atoms. The van der Waals surface area contributed by atoms with Gasteiger partial charge in [0.05, 0.1) is 5.56 Å². The lowest BCUT2D eigenvalue weighted by atomic mass is 9.97. The summed E-state index contributed by atoms with van der Waals surface area (Å²) in [5.74, 6) is -0.370. The van der Waals surface area contributed by atoms with E-state index in [2.05, 4.69) is 23.9 Å². The van der Waals surface area contributed by atoms with Crippen LogP contribution >= 0.6 is 0 Å². The number of carboxylic acids is 1. The third kappa shape index (κ3) is 3.78. The number of carbonyl (C=O) groups is 1. The van der Waals surface area contributed by atoms with E-state index in [1.165, 1.54) is 0 Å². The molecule has 1 aromatic carbocycles. The highest BCUT2D eigenvalue weighted by molar-refractivity contribution is 5.87. The average Bonchev–Trinajstić information content (AvgIpc) is 2.85. The van der Waals surface area contributed by atoms with Gasteiger partial charge in [-0.15, -0.1) is 0 Å². The zero-order valence-corrected chi connectivity index (χ0v) is 11.7. The summed E-state index contributed by atoms with van der Waals surface area (Å²) in [6, 6.07) is 7.38. The second-order valence-corrected chi connectivity index (χ2v) is 5.52. The Morgan fingerprint density at radius 2 is 2.26 bits per heavy atom. The van der Waals surface area contributed by atoms with Gasteiger partial charge in [0.15, 0.2) is 0 Å². The summed E-state index contributed by atoms with van der Waals surface area (Å²) < 4.78 is 0. The normalized spacial score (nSPS) is 20.1. The molecule has 1 aliphatic rings. The molecule has 1 unspecified atom stereocenters. The quantitative estimate of drug-likeness (QED) is 0.878. The topological polar surface area (TPSA) is 43.8 Å². The molecule has 1 atom stereocenters. The van der Waals surface area contributed by atoms with Gasteiger partial charge in [-0.25, -0.2) is 4.79 Å². The molecule has 1 fully saturated rings. The maximum atomic E-state index is 11.0. The molecule has 0 bridgehead atoms. The first-order chi connectivity index (χ1) is 9.06. The molecule has 0 spiro atoms. The molecule has 2 rings (SSSR count). The molecule has 1 aromatic rings. The highest BCUT2D eigenvalue weighted by atomic mass is 16.4. The van der Waals surface area contributed by atoms with Crippen LogP contribution in [0.5, 0.6) is 0 Å². The van der Waals surface area contributed by atoms with E-state index in [1.807, 2.05) is 18.2 Å². The summed E-state index contributed by atoms with van der Waals surface area (Å²) in [4.78, 5) is 15.6. The highest BCUT2D eigenvalue weighted by Crippen LogP contribution is 2.27. The standard InChI is InChI=1S/C15H22N2O2/c1-16(2)8-9-17-7-6-14(11-17)12-4-3-5-13(10-12)15(18)19/h3-5,10,14H,6-9,11H2,1-2H3,(H,18,19). The Morgan fingerprint density at radius 1 is 1.47 bits per heavy atom. The predicted octanol–water partition coefficient (Wildman–Crippen LogP) is 1.74. The summed E-state index contributed by atoms with van der Waals surface area (Å²) in [7, 11) is 4.17. The second-order valence-electron chi connectivity index (χ2n) is 5.52. The Bertz CT molecular complexity index is 446. The molecular formula is C15H22N2O2. The molecule has 0 radical (unpaired) electrons. The van der Waals surface area contributed by atoms with Crippen molar-refractivity contribution in [3.63, 3.8) is 0 Å². The van der Waals surface area contributed by atoms with Gasteiger partial charge >= 0.3 is 5.97 Å². The largest absolute Gasteiger partial charge is 0.478 e. The van der Waals surface area contributed by atoms with E-state index in [9.17, 15) is 4.79 Å². The number of hydrogen-bond donors (Lipinski definition) is 1. The van der Waals surface area contributed by atoms with Gasteiger partial charge < -0.3 is 14.9 Å². The molecule has 4 heteroatoms. The van der Waals surface area contributed by atoms with E-state index in [0.717, 1.165) is 38.2 Å². The lowest BCUT2D eigenvalue weighted by Crippen LogP contribution is -2.29. The molecule has 1 aliphatic heterocycles. The maximum absolute atomic E-state index is 11.0. The van der Waals surface area contributed by atoms with Crippen LogP contribution in [0.25, 0.3) is 0 Å². The number of nitrogens with zero attached hydrogens (tertiary/aromatic N) is 2. The average molecular weight is 262 g/mol. The summed E-state index contributed by atoms with van der Waals surface area (Å²) in [6.07, 6.45) is 1.12. The highest BCUT2D eigenvalue weighted by Gasteiger charge is 2.24. The molecule has 0 aliphatic carbocycles. The van der Waals surface area contributed by atoms with Crippen molar-refractivity contribution < 1.29 is 9.90 Å². The number of hydrogen-bond acceptors (Lipinski definition) is 3. The van der Waals surface area contributed by atoms with Crippen LogP contribution in [-0.2, 0) is 0 Å². The first-order valence-corrected chi connectivity index (χ1v) is 6.76. The molecule has 0 aromatic heterocycles. The van der Waals surface area contributed by atoms with Crippen molar-refractivity contribution in [2.24, 2.45) is 0 Å². The molecular weight excluding hydrogens is 240 g/mol. The van der Waals surface area contributed by atoms with Crippen LogP contribution in [0.3, 0.4) is 0 Å². The van der Waals surface area contributed by atoms with Crippen molar-refractivity contribution >= 4 is 5.97 Å². The van der Waals surface area contributed by atoms with E-state index < -0.39 is 5.97 Å². The summed E-state index contributed by atoms with van der Waals surface area (Å²) in [5.41, 5.74) is 1.55. The van der Waals surface area contributed by atoms with E-state index >= 15 is 0 Å². The lowest BCUT2D eigenvalue weighted by Gasteiger charge is -2.18. The molecule has 0 amide bonds. The van der Waals surface area contributed by atoms with Crippen molar-refractivity contribution in [3.05, 3.63) is 35.4 Å². The zero-order valence-electron chi connectivity index (χ0n) is 11.7. The van der Waals surface area contributed by atoms with E-state index in [-0.39, 0.29) is 0 Å². The van der Waals surface area contributed by atoms with Gasteiger partial charge in [0.1, 0.15) is 0 Å². The number of likely N-dealkylation sites (tertiary alicyclic amines) is 1. The summed E-state index contributed by atoms with van der Waals surface area (Å²) >= 11 is 0. The van der Waals surface area contributed by atoms with Gasteiger partial charge in [0.25, 0.3) is 0 Å². The van der Waals surface area contributed by atoms with Crippen LogP contribution < -0.4 is 0 Å². The Kier molecular flexibility index (Phi) is 4.56. The van der Waals surface area contributed by atoms with Crippen LogP contribution in [0.4, 0.5) is 0 Å². The molecule has 1 heterocycles. The maximum Gasteiger partial charge on any atom is 0.335 e. The predicted molar refractivity (Wildman–Crippen MR) is 75.8 cm³/mol. The SMILES string of the molecule is CN(C)CCN1CCC(c2cccc(C(=O)O)c2)C1. The summed E-state index contributed by atoms with van der Waals surface area (Å²) in [5, 5.41) is 9.03. The smallest absolute Gasteiger partial charge is 0.335 e. The van der Waals surface area contributed by atoms with Crippen molar-refractivity contribution in [3.8, 4) is 0 Å². The number of likely N-dealkylation sites (N-methyl/N-ethyl adjacent to an activating group) is 1. The third-order valence-electron chi connectivity index (χ3n) is 3.74. The fourth-order valence-electron chi connectivity index (χ4n) is 2.57. The fourth-order valence-corrected chi connectivity index (χ4v) is 2.57. The van der Waals surface area contributed by atoms with Gasteiger partial charge in [-0.3, -0.25) is 0 Å². The van der Waals surface area contributed by atoms with Gasteiger partial charge in [-0.05, 0) is 50.7 Å². The molecule has 1 N–H and O–H groups in total. The van der Waals surface area contributed by atoms with E-state index in [4.69, 9.17) is 5.11 Å². The minimum absolute atomic E-state index is 0.393. The molecule has 104 valence electrons. The van der Waals surface area contributed by atoms with Crippen LogP contribution in [0, 0.1) is 0 Å². The van der Waals surface area contributed by atoms with E-state index in [0.29, 0.717) is 11.5 Å². The first kappa shape index (κ1) is 14.0. The minimum Gasteiger partial charge on any atom is -0.478 e. The van der Waals surface area contributed by atoms with Gasteiger partial charge in [0.2, 0.25) is 0 Å². The molecule has 1 saturated heterocycles. The lowest BCUT2D eigenvalue weighted by molar-refractivity contribution is 0.0696. The Labute approximate surface area is 114 Å². The monoisotopic (exact) mass is 262 g/mol. The van der Waals surface area contributed by atoms with Crippen LogP contribution in [0.1, 0.15) is 28.3 Å². The zero-order chi connectivity index (χ0) is 13.8. The van der Waals surface area contributed by atoms with Crippen molar-refractivity contribution in [2.75, 3.05) is 40.3 Å². The Hall–Kier alpha value is -1.39. The first-order valence-electron chi connectivity index (χ1n) is 6.76. The van der Waals surface area contributed by atoms with Crippen molar-refractivity contribution in [1.29, 1.82) is 0 Å². The molecule has 0 saturated carbocycles. The minimum atomic E-state index is -0.843. The molecule has 4 nitrogen and oxygen atoms in total. The Morgan fingerprint density at radius 3 is 2.95 bits per heavy atom. The number of aromatic carboxylic acids is 1. The summed E-state index contributed by atoms with van der Waals surface area (Å²) in [6.45, 7) is 4.30.